The summed E-state index contributed by atoms with van der Waals surface area (Å²) >= 11 is 0. The monoisotopic (exact) mass is 520 g/mol. The van der Waals surface area contributed by atoms with Gasteiger partial charge in [-0.15, -0.1) is 0 Å². The molecule has 194 valence electrons. The van der Waals surface area contributed by atoms with E-state index in [9.17, 15) is 13.2 Å². The summed E-state index contributed by atoms with van der Waals surface area (Å²) in [6, 6.07) is 19.6. The molecule has 5 rings (SSSR count). The predicted octanol–water partition coefficient (Wildman–Crippen LogP) is 5.65. The fourth-order valence-corrected chi connectivity index (χ4v) is 6.29. The number of aryl methyl sites for hydroxylation is 1. The Bertz CT molecular complexity index is 1400. The number of carbonyl (C=O) groups is 1. The molecule has 1 heterocycles. The van der Waals surface area contributed by atoms with Gasteiger partial charge in [0.15, 0.2) is 11.5 Å². The number of anilines is 2. The van der Waals surface area contributed by atoms with Crippen molar-refractivity contribution < 1.29 is 22.7 Å². The first-order valence-corrected chi connectivity index (χ1v) is 14.2. The molecule has 1 aliphatic carbocycles. The van der Waals surface area contributed by atoms with Crippen LogP contribution < -0.4 is 19.1 Å². The van der Waals surface area contributed by atoms with Gasteiger partial charge in [0, 0.05) is 24.6 Å². The number of nitrogens with zero attached hydrogens (tertiary/aromatic N) is 1. The zero-order chi connectivity index (χ0) is 26.0. The van der Waals surface area contributed by atoms with Crippen molar-refractivity contribution in [1.82, 2.24) is 0 Å². The predicted molar refractivity (Wildman–Crippen MR) is 144 cm³/mol. The van der Waals surface area contributed by atoms with E-state index in [0.717, 1.165) is 29.7 Å². The highest BCUT2D eigenvalue weighted by Gasteiger charge is 2.32. The van der Waals surface area contributed by atoms with Gasteiger partial charge in [0.1, 0.15) is 0 Å². The fourth-order valence-electron chi connectivity index (χ4n) is 5.14. The van der Waals surface area contributed by atoms with Crippen molar-refractivity contribution in [2.45, 2.75) is 55.9 Å². The maximum atomic E-state index is 13.0. The molecule has 2 aliphatic rings. The number of methoxy groups -OCH3 is 1. The van der Waals surface area contributed by atoms with Gasteiger partial charge in [-0.1, -0.05) is 24.3 Å². The third-order valence-corrected chi connectivity index (χ3v) is 8.47. The zero-order valence-electron chi connectivity index (χ0n) is 21.1. The highest BCUT2D eigenvalue weighted by atomic mass is 32.2. The SMILES string of the molecule is COc1ccc([C@H]2CC(=O)N(c3cccc(NS(=O)(=O)c4cccc(C)c4)c3)C2)cc1OC1CCCC1. The summed E-state index contributed by atoms with van der Waals surface area (Å²) < 4.78 is 40.2. The lowest BCUT2D eigenvalue weighted by Crippen LogP contribution is -2.24. The van der Waals surface area contributed by atoms with Crippen LogP contribution >= 0.6 is 0 Å². The van der Waals surface area contributed by atoms with Crippen LogP contribution in [0.5, 0.6) is 11.5 Å². The van der Waals surface area contributed by atoms with E-state index in [1.54, 1.807) is 48.4 Å². The van der Waals surface area contributed by atoms with Crippen molar-refractivity contribution in [2.24, 2.45) is 0 Å². The molecule has 1 aliphatic heterocycles. The van der Waals surface area contributed by atoms with Crippen LogP contribution in [0.15, 0.2) is 71.6 Å². The minimum atomic E-state index is -3.74. The molecule has 1 saturated heterocycles. The third-order valence-electron chi connectivity index (χ3n) is 7.09. The van der Waals surface area contributed by atoms with Gasteiger partial charge in [-0.2, -0.15) is 0 Å². The van der Waals surface area contributed by atoms with Gasteiger partial charge in [-0.05, 0) is 86.2 Å². The summed E-state index contributed by atoms with van der Waals surface area (Å²) in [5.74, 6) is 1.42. The number of sulfonamides is 1. The van der Waals surface area contributed by atoms with Crippen molar-refractivity contribution in [3.05, 3.63) is 77.9 Å². The second-order valence-electron chi connectivity index (χ2n) is 9.81. The topological polar surface area (TPSA) is 84.9 Å². The molecule has 0 unspecified atom stereocenters. The molecule has 2 fully saturated rings. The minimum absolute atomic E-state index is 0.00206. The molecule has 37 heavy (non-hydrogen) atoms. The average molecular weight is 521 g/mol. The quantitative estimate of drug-likeness (QED) is 0.415. The van der Waals surface area contributed by atoms with E-state index in [2.05, 4.69) is 4.72 Å². The summed E-state index contributed by atoms with van der Waals surface area (Å²) in [4.78, 5) is 15.0. The normalized spacial score (nSPS) is 18.3. The molecule has 0 spiro atoms. The number of amides is 1. The molecular formula is C29H32N2O5S. The zero-order valence-corrected chi connectivity index (χ0v) is 22.0. The molecule has 0 radical (unpaired) electrons. The Labute approximate surface area is 218 Å². The lowest BCUT2D eigenvalue weighted by atomic mass is 9.98. The second kappa shape index (κ2) is 10.5. The van der Waals surface area contributed by atoms with E-state index in [-0.39, 0.29) is 22.8 Å². The Kier molecular flexibility index (Phi) is 7.11. The summed E-state index contributed by atoms with van der Waals surface area (Å²) in [5, 5.41) is 0. The van der Waals surface area contributed by atoms with Gasteiger partial charge < -0.3 is 14.4 Å². The molecule has 8 heteroatoms. The van der Waals surface area contributed by atoms with Crippen molar-refractivity contribution >= 4 is 27.3 Å². The van der Waals surface area contributed by atoms with Crippen molar-refractivity contribution in [3.8, 4) is 11.5 Å². The maximum Gasteiger partial charge on any atom is 0.261 e. The Morgan fingerprint density at radius 1 is 0.946 bits per heavy atom. The Hall–Kier alpha value is -3.52. The summed E-state index contributed by atoms with van der Waals surface area (Å²) in [6.45, 7) is 2.35. The van der Waals surface area contributed by atoms with Crippen LogP contribution in [-0.4, -0.2) is 34.1 Å². The fraction of sp³-hybridized carbons (Fsp3) is 0.345. The standard InChI is InChI=1S/C29H32N2O5S/c1-20-7-5-12-26(15-20)37(33,34)30-23-8-6-9-24(18-23)31-19-22(17-29(31)32)21-13-14-27(35-2)28(16-21)36-25-10-3-4-11-25/h5-9,12-16,18,22,25,30H,3-4,10-11,17,19H2,1-2H3/t22-/m0/s1. The van der Waals surface area contributed by atoms with Crippen LogP contribution in [0.4, 0.5) is 11.4 Å². The second-order valence-corrected chi connectivity index (χ2v) is 11.5. The Morgan fingerprint density at radius 2 is 1.73 bits per heavy atom. The minimum Gasteiger partial charge on any atom is -0.493 e. The van der Waals surface area contributed by atoms with Gasteiger partial charge in [0.25, 0.3) is 10.0 Å². The molecular weight excluding hydrogens is 488 g/mol. The van der Waals surface area contributed by atoms with Crippen LogP contribution in [0.2, 0.25) is 0 Å². The number of nitrogens with one attached hydrogen (secondary N) is 1. The first-order chi connectivity index (χ1) is 17.8. The van der Waals surface area contributed by atoms with E-state index in [1.807, 2.05) is 37.3 Å². The van der Waals surface area contributed by atoms with Crippen LogP contribution in [-0.2, 0) is 14.8 Å². The van der Waals surface area contributed by atoms with Crippen molar-refractivity contribution in [1.29, 1.82) is 0 Å². The van der Waals surface area contributed by atoms with Gasteiger partial charge >= 0.3 is 0 Å². The number of ether oxygens (including phenoxy) is 2. The maximum absolute atomic E-state index is 13.0. The summed E-state index contributed by atoms with van der Waals surface area (Å²) in [5.41, 5.74) is 2.96. The molecule has 7 nitrogen and oxygen atoms in total. The lowest BCUT2D eigenvalue weighted by molar-refractivity contribution is -0.117. The first-order valence-electron chi connectivity index (χ1n) is 12.7. The van der Waals surface area contributed by atoms with E-state index in [1.165, 1.54) is 12.8 Å². The third kappa shape index (κ3) is 5.59. The highest BCUT2D eigenvalue weighted by molar-refractivity contribution is 7.92. The highest BCUT2D eigenvalue weighted by Crippen LogP contribution is 2.38. The first kappa shape index (κ1) is 25.1. The van der Waals surface area contributed by atoms with Gasteiger partial charge in [-0.25, -0.2) is 8.42 Å². The molecule has 0 aromatic heterocycles. The average Bonchev–Trinajstić information content (AvgIpc) is 3.53. The number of benzene rings is 3. The molecule has 1 saturated carbocycles. The van der Waals surface area contributed by atoms with E-state index < -0.39 is 10.0 Å². The molecule has 1 atom stereocenters. The van der Waals surface area contributed by atoms with Gasteiger partial charge in [-0.3, -0.25) is 9.52 Å². The van der Waals surface area contributed by atoms with Gasteiger partial charge in [0.05, 0.1) is 23.8 Å². The van der Waals surface area contributed by atoms with E-state index in [0.29, 0.717) is 30.1 Å². The molecule has 1 N–H and O–H groups in total. The Balaban J connectivity index is 1.33. The van der Waals surface area contributed by atoms with E-state index in [4.69, 9.17) is 9.47 Å². The molecule has 3 aromatic rings. The number of hydrogen-bond donors (Lipinski definition) is 1. The number of rotatable bonds is 8. The van der Waals surface area contributed by atoms with Crippen LogP contribution in [0.25, 0.3) is 0 Å². The van der Waals surface area contributed by atoms with E-state index >= 15 is 0 Å². The molecule has 1 amide bonds. The lowest BCUT2D eigenvalue weighted by Gasteiger charge is -2.20. The number of hydrogen-bond acceptors (Lipinski definition) is 5. The summed E-state index contributed by atoms with van der Waals surface area (Å²) in [6.07, 6.45) is 5.03. The molecule has 3 aromatic carbocycles. The molecule has 0 bridgehead atoms. The van der Waals surface area contributed by atoms with Crippen molar-refractivity contribution in [2.75, 3.05) is 23.3 Å². The smallest absolute Gasteiger partial charge is 0.261 e. The largest absolute Gasteiger partial charge is 0.493 e. The van der Waals surface area contributed by atoms with Crippen LogP contribution in [0.3, 0.4) is 0 Å². The van der Waals surface area contributed by atoms with Crippen LogP contribution in [0, 0.1) is 6.92 Å². The summed E-state index contributed by atoms with van der Waals surface area (Å²) in [7, 11) is -2.11. The van der Waals surface area contributed by atoms with Gasteiger partial charge in [0.2, 0.25) is 5.91 Å². The van der Waals surface area contributed by atoms with Crippen LogP contribution in [0.1, 0.15) is 49.1 Å². The Morgan fingerprint density at radius 3 is 2.49 bits per heavy atom. The number of carbonyl (C=O) groups excluding carboxylic acids is 1. The van der Waals surface area contributed by atoms with Crippen molar-refractivity contribution in [3.63, 3.8) is 0 Å².